The summed E-state index contributed by atoms with van der Waals surface area (Å²) in [6, 6.07) is 11.3. The number of hydrogen-bond acceptors (Lipinski definition) is 4. The van der Waals surface area contributed by atoms with Gasteiger partial charge in [-0.1, -0.05) is 18.2 Å². The normalized spacial score (nSPS) is 9.96. The minimum Gasteiger partial charge on any atom is -0.357 e. The van der Waals surface area contributed by atoms with E-state index in [1.165, 1.54) is 0 Å². The van der Waals surface area contributed by atoms with Crippen LogP contribution in [0, 0.1) is 0 Å². The fraction of sp³-hybridized carbons (Fsp3) is 0.333. The van der Waals surface area contributed by atoms with Crippen molar-refractivity contribution in [2.24, 2.45) is 5.73 Å². The highest BCUT2D eigenvalue weighted by molar-refractivity contribution is 5.94. The fourth-order valence-electron chi connectivity index (χ4n) is 2.33. The zero-order valence-corrected chi connectivity index (χ0v) is 15.0. The molecule has 1 aromatic heterocycles. The van der Waals surface area contributed by atoms with Crippen LogP contribution in [0.4, 0.5) is 5.82 Å². The summed E-state index contributed by atoms with van der Waals surface area (Å²) in [5.74, 6) is 0.865. The van der Waals surface area contributed by atoms with E-state index < -0.39 is 0 Å². The molecule has 2 rings (SSSR count). The topological polar surface area (TPSA) is 71.2 Å². The van der Waals surface area contributed by atoms with Crippen LogP contribution in [0.3, 0.4) is 0 Å². The number of nitrogens with zero attached hydrogens (tertiary/aromatic N) is 2. The Labute approximate surface area is 149 Å². The zero-order valence-electron chi connectivity index (χ0n) is 14.2. The zero-order chi connectivity index (χ0) is 16.7. The Balaban J connectivity index is 0.00000288. The number of halogens is 1. The van der Waals surface area contributed by atoms with Crippen molar-refractivity contribution >= 4 is 24.1 Å². The molecule has 1 amide bonds. The number of rotatable bonds is 7. The molecule has 1 heterocycles. The summed E-state index contributed by atoms with van der Waals surface area (Å²) in [5, 5.41) is 2.91. The van der Waals surface area contributed by atoms with Crippen molar-refractivity contribution < 1.29 is 4.79 Å². The van der Waals surface area contributed by atoms with Gasteiger partial charge in [-0.2, -0.15) is 0 Å². The van der Waals surface area contributed by atoms with E-state index in [1.54, 1.807) is 12.1 Å². The Hall–Kier alpha value is -2.11. The van der Waals surface area contributed by atoms with Gasteiger partial charge in [-0.25, -0.2) is 4.98 Å². The Morgan fingerprint density at radius 1 is 1.08 bits per heavy atom. The third kappa shape index (κ3) is 5.22. The van der Waals surface area contributed by atoms with Crippen LogP contribution < -0.4 is 16.0 Å². The third-order valence-corrected chi connectivity index (χ3v) is 3.80. The van der Waals surface area contributed by atoms with Crippen LogP contribution in [0.2, 0.25) is 0 Å². The maximum absolute atomic E-state index is 12.1. The first-order valence-electron chi connectivity index (χ1n) is 7.95. The Bertz CT molecular complexity index is 624. The van der Waals surface area contributed by atoms with E-state index in [2.05, 4.69) is 29.0 Å². The van der Waals surface area contributed by atoms with Crippen LogP contribution in [-0.4, -0.2) is 24.0 Å². The van der Waals surface area contributed by atoms with Gasteiger partial charge in [0.05, 0.1) is 0 Å². The number of nitrogens with two attached hydrogens (primary N) is 1. The van der Waals surface area contributed by atoms with Crippen LogP contribution in [0.25, 0.3) is 0 Å². The van der Waals surface area contributed by atoms with E-state index in [0.29, 0.717) is 18.7 Å². The summed E-state index contributed by atoms with van der Waals surface area (Å²) in [5.41, 5.74) is 8.18. The molecule has 1 aromatic carbocycles. The van der Waals surface area contributed by atoms with Crippen molar-refractivity contribution in [3.05, 3.63) is 59.3 Å². The largest absolute Gasteiger partial charge is 0.357 e. The average molecular weight is 349 g/mol. The Kier molecular flexibility index (Phi) is 8.22. The minimum absolute atomic E-state index is 0. The predicted octanol–water partition coefficient (Wildman–Crippen LogP) is 2.74. The second-order valence-electron chi connectivity index (χ2n) is 5.28. The molecule has 0 aliphatic rings. The van der Waals surface area contributed by atoms with Crippen molar-refractivity contribution in [2.75, 3.05) is 18.0 Å². The van der Waals surface area contributed by atoms with Crippen LogP contribution in [0.5, 0.6) is 0 Å². The molecule has 0 fully saturated rings. The molecule has 0 unspecified atom stereocenters. The molecule has 0 bridgehead atoms. The number of carbonyl (C=O) groups is 1. The van der Waals surface area contributed by atoms with E-state index in [4.69, 9.17) is 5.73 Å². The molecular formula is C18H25ClN4O. The molecule has 24 heavy (non-hydrogen) atoms. The van der Waals surface area contributed by atoms with Gasteiger partial charge in [0.1, 0.15) is 5.82 Å². The standard InChI is InChI=1S/C18H24N4O.ClH/c1-3-22(4-2)17-10-7-15(12-20-17)13-21-18(23)16-8-5-14(11-19)6-9-16;/h5-10,12H,3-4,11,13,19H2,1-2H3,(H,21,23);1H. The molecule has 3 N–H and O–H groups in total. The lowest BCUT2D eigenvalue weighted by Crippen LogP contribution is -2.24. The number of pyridine rings is 1. The lowest BCUT2D eigenvalue weighted by molar-refractivity contribution is 0.0951. The highest BCUT2D eigenvalue weighted by Crippen LogP contribution is 2.11. The molecule has 0 saturated heterocycles. The summed E-state index contributed by atoms with van der Waals surface area (Å²) < 4.78 is 0. The first-order valence-corrected chi connectivity index (χ1v) is 7.95. The molecule has 6 heteroatoms. The van der Waals surface area contributed by atoms with E-state index in [0.717, 1.165) is 30.0 Å². The van der Waals surface area contributed by atoms with E-state index >= 15 is 0 Å². The summed E-state index contributed by atoms with van der Waals surface area (Å²) in [4.78, 5) is 18.8. The molecule has 0 aliphatic carbocycles. The van der Waals surface area contributed by atoms with Gasteiger partial charge in [0.25, 0.3) is 5.91 Å². The van der Waals surface area contributed by atoms with E-state index in [1.807, 2.05) is 30.5 Å². The first kappa shape index (κ1) is 19.9. The second-order valence-corrected chi connectivity index (χ2v) is 5.28. The smallest absolute Gasteiger partial charge is 0.251 e. The molecule has 0 radical (unpaired) electrons. The SMILES string of the molecule is CCN(CC)c1ccc(CNC(=O)c2ccc(CN)cc2)cn1.Cl. The van der Waals surface area contributed by atoms with E-state index in [9.17, 15) is 4.79 Å². The highest BCUT2D eigenvalue weighted by atomic mass is 35.5. The number of amides is 1. The number of benzene rings is 1. The van der Waals surface area contributed by atoms with Gasteiger partial charge in [-0.15, -0.1) is 12.4 Å². The number of anilines is 1. The van der Waals surface area contributed by atoms with Crippen molar-refractivity contribution in [2.45, 2.75) is 26.9 Å². The second kappa shape index (κ2) is 9.90. The molecule has 0 aliphatic heterocycles. The molecule has 0 saturated carbocycles. The average Bonchev–Trinajstić information content (AvgIpc) is 2.62. The number of hydrogen-bond donors (Lipinski definition) is 2. The van der Waals surface area contributed by atoms with Gasteiger partial charge in [0.2, 0.25) is 0 Å². The van der Waals surface area contributed by atoms with Crippen LogP contribution in [-0.2, 0) is 13.1 Å². The van der Waals surface area contributed by atoms with Crippen molar-refractivity contribution in [1.82, 2.24) is 10.3 Å². The fourth-order valence-corrected chi connectivity index (χ4v) is 2.33. The highest BCUT2D eigenvalue weighted by Gasteiger charge is 2.06. The minimum atomic E-state index is -0.0959. The predicted molar refractivity (Wildman–Crippen MR) is 101 cm³/mol. The lowest BCUT2D eigenvalue weighted by Gasteiger charge is -2.19. The van der Waals surface area contributed by atoms with Crippen LogP contribution >= 0.6 is 12.4 Å². The van der Waals surface area contributed by atoms with E-state index in [-0.39, 0.29) is 18.3 Å². The Morgan fingerprint density at radius 2 is 1.71 bits per heavy atom. The molecule has 130 valence electrons. The maximum Gasteiger partial charge on any atom is 0.251 e. The number of aromatic nitrogens is 1. The van der Waals surface area contributed by atoms with Gasteiger partial charge in [0, 0.05) is 37.9 Å². The van der Waals surface area contributed by atoms with Crippen molar-refractivity contribution in [1.29, 1.82) is 0 Å². The summed E-state index contributed by atoms with van der Waals surface area (Å²) >= 11 is 0. The monoisotopic (exact) mass is 348 g/mol. The van der Waals surface area contributed by atoms with Gasteiger partial charge < -0.3 is 16.0 Å². The van der Waals surface area contributed by atoms with Crippen LogP contribution in [0.15, 0.2) is 42.6 Å². The van der Waals surface area contributed by atoms with Gasteiger partial charge in [0.15, 0.2) is 0 Å². The van der Waals surface area contributed by atoms with Gasteiger partial charge >= 0.3 is 0 Å². The quantitative estimate of drug-likeness (QED) is 0.807. The molecular weight excluding hydrogens is 324 g/mol. The van der Waals surface area contributed by atoms with Gasteiger partial charge in [-0.05, 0) is 43.2 Å². The molecule has 2 aromatic rings. The van der Waals surface area contributed by atoms with Gasteiger partial charge in [-0.3, -0.25) is 4.79 Å². The molecule has 0 spiro atoms. The maximum atomic E-state index is 12.1. The summed E-state index contributed by atoms with van der Waals surface area (Å²) in [6.45, 7) is 7.01. The molecule has 5 nitrogen and oxygen atoms in total. The summed E-state index contributed by atoms with van der Waals surface area (Å²) in [6.07, 6.45) is 1.81. The van der Waals surface area contributed by atoms with Crippen molar-refractivity contribution in [3.63, 3.8) is 0 Å². The number of nitrogens with one attached hydrogen (secondary N) is 1. The number of carbonyl (C=O) groups excluding carboxylic acids is 1. The first-order chi connectivity index (χ1) is 11.2. The molecule has 0 atom stereocenters. The third-order valence-electron chi connectivity index (χ3n) is 3.80. The Morgan fingerprint density at radius 3 is 2.21 bits per heavy atom. The summed E-state index contributed by atoms with van der Waals surface area (Å²) in [7, 11) is 0. The van der Waals surface area contributed by atoms with Crippen LogP contribution in [0.1, 0.15) is 35.3 Å². The van der Waals surface area contributed by atoms with Crippen molar-refractivity contribution in [3.8, 4) is 0 Å². The lowest BCUT2D eigenvalue weighted by atomic mass is 10.1.